The molecular formula is C13H16N2O. The van der Waals surface area contributed by atoms with Gasteiger partial charge in [0.05, 0.1) is 11.6 Å². The molecule has 0 radical (unpaired) electrons. The molecule has 2 heterocycles. The smallest absolute Gasteiger partial charge is 0.139 e. The monoisotopic (exact) mass is 216 g/mol. The third-order valence-corrected chi connectivity index (χ3v) is 3.62. The third kappa shape index (κ3) is 1.56. The van der Waals surface area contributed by atoms with E-state index < -0.39 is 0 Å². The van der Waals surface area contributed by atoms with Gasteiger partial charge in [0, 0.05) is 12.7 Å². The Labute approximate surface area is 94.9 Å². The Hall–Kier alpha value is -1.51. The van der Waals surface area contributed by atoms with Gasteiger partial charge in [-0.3, -0.25) is 0 Å². The molecule has 84 valence electrons. The summed E-state index contributed by atoms with van der Waals surface area (Å²) in [5, 5.41) is 4.52. The predicted molar refractivity (Wildman–Crippen MR) is 64.5 cm³/mol. The van der Waals surface area contributed by atoms with E-state index in [0.29, 0.717) is 5.41 Å². The van der Waals surface area contributed by atoms with E-state index >= 15 is 0 Å². The number of hydrogen-bond donors (Lipinski definition) is 1. The number of pyridine rings is 1. The molecule has 2 aromatic rings. The van der Waals surface area contributed by atoms with Gasteiger partial charge >= 0.3 is 0 Å². The highest BCUT2D eigenvalue weighted by Gasteiger charge is 2.31. The summed E-state index contributed by atoms with van der Waals surface area (Å²) >= 11 is 0. The first-order chi connectivity index (χ1) is 7.77. The highest BCUT2D eigenvalue weighted by atomic mass is 16.3. The van der Waals surface area contributed by atoms with Crippen molar-refractivity contribution in [3.8, 4) is 0 Å². The van der Waals surface area contributed by atoms with Crippen LogP contribution in [0.3, 0.4) is 0 Å². The summed E-state index contributed by atoms with van der Waals surface area (Å²) in [7, 11) is 0. The first-order valence-corrected chi connectivity index (χ1v) is 5.83. The van der Waals surface area contributed by atoms with Crippen LogP contribution in [0.5, 0.6) is 0 Å². The number of aromatic nitrogens is 1. The Balaban J connectivity index is 1.81. The minimum atomic E-state index is 0.466. The average molecular weight is 216 g/mol. The second-order valence-corrected chi connectivity index (χ2v) is 5.01. The minimum Gasteiger partial charge on any atom is -0.464 e. The van der Waals surface area contributed by atoms with Crippen molar-refractivity contribution in [1.29, 1.82) is 0 Å². The summed E-state index contributed by atoms with van der Waals surface area (Å²) in [6, 6.07) is 3.86. The Bertz CT molecular complexity index is 499. The summed E-state index contributed by atoms with van der Waals surface area (Å²) in [6.45, 7) is 3.34. The standard InChI is InChI=1S/C13H16N2O/c1-13(5-2-6-13)9-15-12-10-4-8-16-11(10)3-7-14-12/h3-4,7-8H,2,5-6,9H2,1H3,(H,14,15). The zero-order valence-corrected chi connectivity index (χ0v) is 9.49. The minimum absolute atomic E-state index is 0.466. The summed E-state index contributed by atoms with van der Waals surface area (Å²) in [5.41, 5.74) is 1.37. The Morgan fingerprint density at radius 2 is 2.31 bits per heavy atom. The van der Waals surface area contributed by atoms with Crippen LogP contribution in [0.4, 0.5) is 5.82 Å². The van der Waals surface area contributed by atoms with Crippen molar-refractivity contribution in [2.75, 3.05) is 11.9 Å². The summed E-state index contributed by atoms with van der Waals surface area (Å²) < 4.78 is 5.35. The number of fused-ring (bicyclic) bond motifs is 1. The second-order valence-electron chi connectivity index (χ2n) is 5.01. The molecule has 0 aliphatic heterocycles. The molecule has 1 N–H and O–H groups in total. The normalized spacial score (nSPS) is 18.3. The van der Waals surface area contributed by atoms with E-state index in [2.05, 4.69) is 17.2 Å². The van der Waals surface area contributed by atoms with Gasteiger partial charge in [0.2, 0.25) is 0 Å². The van der Waals surface area contributed by atoms with E-state index in [-0.39, 0.29) is 0 Å². The van der Waals surface area contributed by atoms with Crippen LogP contribution in [0.2, 0.25) is 0 Å². The highest BCUT2D eigenvalue weighted by Crippen LogP contribution is 2.40. The molecule has 3 rings (SSSR count). The highest BCUT2D eigenvalue weighted by molar-refractivity contribution is 5.87. The largest absolute Gasteiger partial charge is 0.464 e. The van der Waals surface area contributed by atoms with Gasteiger partial charge in [0.15, 0.2) is 0 Å². The van der Waals surface area contributed by atoms with Gasteiger partial charge in [-0.05, 0) is 30.4 Å². The third-order valence-electron chi connectivity index (χ3n) is 3.62. The lowest BCUT2D eigenvalue weighted by atomic mass is 9.70. The topological polar surface area (TPSA) is 38.1 Å². The van der Waals surface area contributed by atoms with Crippen LogP contribution in [0, 0.1) is 5.41 Å². The predicted octanol–water partition coefficient (Wildman–Crippen LogP) is 3.43. The first kappa shape index (κ1) is 9.70. The molecule has 2 aromatic heterocycles. The van der Waals surface area contributed by atoms with Crippen molar-refractivity contribution in [3.63, 3.8) is 0 Å². The maximum absolute atomic E-state index is 5.35. The first-order valence-electron chi connectivity index (χ1n) is 5.83. The molecule has 1 fully saturated rings. The van der Waals surface area contributed by atoms with Crippen LogP contribution in [0.25, 0.3) is 11.0 Å². The zero-order chi connectivity index (χ0) is 11.0. The average Bonchev–Trinajstić information content (AvgIpc) is 2.72. The van der Waals surface area contributed by atoms with Crippen molar-refractivity contribution < 1.29 is 4.42 Å². The van der Waals surface area contributed by atoms with Crippen molar-refractivity contribution >= 4 is 16.8 Å². The fourth-order valence-corrected chi connectivity index (χ4v) is 2.29. The van der Waals surface area contributed by atoms with Crippen LogP contribution >= 0.6 is 0 Å². The number of furan rings is 1. The lowest BCUT2D eigenvalue weighted by Crippen LogP contribution is -2.33. The van der Waals surface area contributed by atoms with Gasteiger partial charge in [-0.1, -0.05) is 13.3 Å². The molecule has 0 aromatic carbocycles. The van der Waals surface area contributed by atoms with Crippen LogP contribution < -0.4 is 5.32 Å². The second kappa shape index (κ2) is 3.51. The van der Waals surface area contributed by atoms with Gasteiger partial charge in [0.25, 0.3) is 0 Å². The summed E-state index contributed by atoms with van der Waals surface area (Å²) in [5.74, 6) is 0.944. The molecular weight excluding hydrogens is 200 g/mol. The molecule has 0 atom stereocenters. The number of nitrogens with zero attached hydrogens (tertiary/aromatic N) is 1. The Morgan fingerprint density at radius 3 is 3.06 bits per heavy atom. The van der Waals surface area contributed by atoms with Crippen molar-refractivity contribution in [2.45, 2.75) is 26.2 Å². The molecule has 0 saturated heterocycles. The number of rotatable bonds is 3. The Kier molecular flexibility index (Phi) is 2.13. The molecule has 1 saturated carbocycles. The lowest BCUT2D eigenvalue weighted by molar-refractivity contribution is 0.180. The zero-order valence-electron chi connectivity index (χ0n) is 9.49. The van der Waals surface area contributed by atoms with Crippen LogP contribution in [-0.2, 0) is 0 Å². The van der Waals surface area contributed by atoms with Crippen LogP contribution in [0.15, 0.2) is 29.0 Å². The number of hydrogen-bond acceptors (Lipinski definition) is 3. The van der Waals surface area contributed by atoms with Crippen LogP contribution in [0.1, 0.15) is 26.2 Å². The lowest BCUT2D eigenvalue weighted by Gasteiger charge is -2.38. The fraction of sp³-hybridized carbons (Fsp3) is 0.462. The molecule has 16 heavy (non-hydrogen) atoms. The molecule has 1 aliphatic carbocycles. The SMILES string of the molecule is CC1(CNc2nccc3occc23)CCC1. The summed E-state index contributed by atoms with van der Waals surface area (Å²) in [4.78, 5) is 4.37. The van der Waals surface area contributed by atoms with E-state index in [1.165, 1.54) is 19.3 Å². The van der Waals surface area contributed by atoms with Crippen molar-refractivity contribution in [1.82, 2.24) is 4.98 Å². The van der Waals surface area contributed by atoms with Crippen molar-refractivity contribution in [3.05, 3.63) is 24.6 Å². The maximum atomic E-state index is 5.35. The van der Waals surface area contributed by atoms with Gasteiger partial charge in [0.1, 0.15) is 11.4 Å². The van der Waals surface area contributed by atoms with Gasteiger partial charge in [-0.2, -0.15) is 0 Å². The molecule has 1 aliphatic rings. The molecule has 0 spiro atoms. The van der Waals surface area contributed by atoms with E-state index in [1.54, 1.807) is 12.5 Å². The molecule has 0 bridgehead atoms. The van der Waals surface area contributed by atoms with E-state index in [0.717, 1.165) is 23.3 Å². The molecule has 3 nitrogen and oxygen atoms in total. The Morgan fingerprint density at radius 1 is 1.44 bits per heavy atom. The number of nitrogens with one attached hydrogen (secondary N) is 1. The van der Waals surface area contributed by atoms with Gasteiger partial charge in [-0.15, -0.1) is 0 Å². The molecule has 3 heteroatoms. The quantitative estimate of drug-likeness (QED) is 0.854. The fourth-order valence-electron chi connectivity index (χ4n) is 2.29. The van der Waals surface area contributed by atoms with Gasteiger partial charge in [-0.25, -0.2) is 4.98 Å². The van der Waals surface area contributed by atoms with E-state index in [4.69, 9.17) is 4.42 Å². The maximum Gasteiger partial charge on any atom is 0.139 e. The van der Waals surface area contributed by atoms with Crippen LogP contribution in [-0.4, -0.2) is 11.5 Å². The summed E-state index contributed by atoms with van der Waals surface area (Å²) in [6.07, 6.45) is 7.50. The number of anilines is 1. The van der Waals surface area contributed by atoms with E-state index in [9.17, 15) is 0 Å². The van der Waals surface area contributed by atoms with Gasteiger partial charge < -0.3 is 9.73 Å². The molecule has 0 amide bonds. The molecule has 0 unspecified atom stereocenters. The van der Waals surface area contributed by atoms with E-state index in [1.807, 2.05) is 12.1 Å². The van der Waals surface area contributed by atoms with Crippen molar-refractivity contribution in [2.24, 2.45) is 5.41 Å².